The predicted octanol–water partition coefficient (Wildman–Crippen LogP) is 6.84. The minimum absolute atomic E-state index is 0.621. The molecule has 0 heterocycles. The van der Waals surface area contributed by atoms with E-state index in [0.29, 0.717) is 5.41 Å². The number of hydrogen-bond donors (Lipinski definition) is 0. The van der Waals surface area contributed by atoms with Crippen LogP contribution in [-0.2, 0) is 0 Å². The smallest absolute Gasteiger partial charge is 0.0241 e. The molecule has 0 N–H and O–H groups in total. The standard InChI is InChI=1S/C20H38/c1-6-19(5)13-9-14-20(7-2)17(4)18(20)11-8-10-16(3)12-15-19/h16-18H,6-15H2,1-5H3. The summed E-state index contributed by atoms with van der Waals surface area (Å²) in [7, 11) is 0. The van der Waals surface area contributed by atoms with Crippen molar-refractivity contribution in [2.45, 2.75) is 98.8 Å². The normalized spacial score (nSPS) is 47.0. The summed E-state index contributed by atoms with van der Waals surface area (Å²) in [5, 5.41) is 0. The summed E-state index contributed by atoms with van der Waals surface area (Å²) in [4.78, 5) is 0. The van der Waals surface area contributed by atoms with Crippen LogP contribution in [0.5, 0.6) is 0 Å². The highest BCUT2D eigenvalue weighted by molar-refractivity contribution is 5.07. The molecule has 0 aromatic rings. The van der Waals surface area contributed by atoms with Gasteiger partial charge in [-0.15, -0.1) is 0 Å². The van der Waals surface area contributed by atoms with Crippen LogP contribution in [-0.4, -0.2) is 0 Å². The molecule has 0 radical (unpaired) electrons. The van der Waals surface area contributed by atoms with Gasteiger partial charge in [-0.25, -0.2) is 0 Å². The lowest BCUT2D eigenvalue weighted by atomic mass is 9.75. The van der Waals surface area contributed by atoms with Crippen molar-refractivity contribution >= 4 is 0 Å². The molecule has 118 valence electrons. The zero-order valence-corrected chi connectivity index (χ0v) is 14.8. The highest BCUT2D eigenvalue weighted by Crippen LogP contribution is 2.66. The van der Waals surface area contributed by atoms with E-state index in [4.69, 9.17) is 0 Å². The van der Waals surface area contributed by atoms with Crippen LogP contribution in [0.25, 0.3) is 0 Å². The van der Waals surface area contributed by atoms with E-state index in [1.807, 2.05) is 0 Å². The first-order valence-corrected chi connectivity index (χ1v) is 9.47. The van der Waals surface area contributed by atoms with Crippen molar-refractivity contribution in [3.8, 4) is 0 Å². The van der Waals surface area contributed by atoms with Gasteiger partial charge in [0.25, 0.3) is 0 Å². The number of rotatable bonds is 2. The molecule has 2 aliphatic rings. The van der Waals surface area contributed by atoms with Crippen LogP contribution in [0.2, 0.25) is 0 Å². The summed E-state index contributed by atoms with van der Waals surface area (Å²) in [6, 6.07) is 0. The SMILES string of the molecule is CCC1(C)CCCC2(CC)C(C)C2CCCC(C)CC1. The van der Waals surface area contributed by atoms with Crippen molar-refractivity contribution in [2.75, 3.05) is 0 Å². The van der Waals surface area contributed by atoms with Crippen molar-refractivity contribution in [1.29, 1.82) is 0 Å². The van der Waals surface area contributed by atoms with Crippen LogP contribution in [0.3, 0.4) is 0 Å². The molecule has 0 heteroatoms. The molecular formula is C20H38. The second kappa shape index (κ2) is 6.41. The van der Waals surface area contributed by atoms with E-state index >= 15 is 0 Å². The molecule has 0 bridgehead atoms. The first-order valence-electron chi connectivity index (χ1n) is 9.47. The molecule has 2 fully saturated rings. The first-order chi connectivity index (χ1) is 9.47. The van der Waals surface area contributed by atoms with Crippen LogP contribution < -0.4 is 0 Å². The Morgan fingerprint density at radius 2 is 1.60 bits per heavy atom. The van der Waals surface area contributed by atoms with E-state index in [-0.39, 0.29) is 0 Å². The third-order valence-corrected chi connectivity index (χ3v) is 7.53. The summed E-state index contributed by atoms with van der Waals surface area (Å²) < 4.78 is 0. The van der Waals surface area contributed by atoms with Gasteiger partial charge in [0, 0.05) is 0 Å². The molecule has 2 rings (SSSR count). The summed E-state index contributed by atoms with van der Waals surface area (Å²) in [6.07, 6.45) is 14.7. The van der Waals surface area contributed by atoms with Crippen LogP contribution in [0.1, 0.15) is 98.8 Å². The molecule has 0 aromatic carbocycles. The molecule has 5 unspecified atom stereocenters. The lowest BCUT2D eigenvalue weighted by molar-refractivity contribution is 0.210. The summed E-state index contributed by atoms with van der Waals surface area (Å²) in [5.74, 6) is 3.02. The maximum Gasteiger partial charge on any atom is -0.0241 e. The Morgan fingerprint density at radius 1 is 0.850 bits per heavy atom. The molecule has 0 aliphatic heterocycles. The van der Waals surface area contributed by atoms with Gasteiger partial charge in [-0.1, -0.05) is 66.7 Å². The quantitative estimate of drug-likeness (QED) is 0.519. The maximum absolute atomic E-state index is 2.55. The van der Waals surface area contributed by atoms with Crippen molar-refractivity contribution in [1.82, 2.24) is 0 Å². The fourth-order valence-electron chi connectivity index (χ4n) is 5.26. The fourth-order valence-corrected chi connectivity index (χ4v) is 5.26. The molecule has 0 amide bonds. The molecule has 2 aliphatic carbocycles. The lowest BCUT2D eigenvalue weighted by Crippen LogP contribution is -2.18. The second-order valence-corrected chi connectivity index (χ2v) is 8.57. The van der Waals surface area contributed by atoms with Gasteiger partial charge in [0.05, 0.1) is 0 Å². The molecule has 0 saturated heterocycles. The van der Waals surface area contributed by atoms with Crippen molar-refractivity contribution in [3.63, 3.8) is 0 Å². The van der Waals surface area contributed by atoms with Crippen LogP contribution >= 0.6 is 0 Å². The molecule has 0 spiro atoms. The van der Waals surface area contributed by atoms with Gasteiger partial charge in [-0.05, 0) is 60.7 Å². The van der Waals surface area contributed by atoms with E-state index in [9.17, 15) is 0 Å². The topological polar surface area (TPSA) is 0 Å². The Hall–Kier alpha value is 0. The monoisotopic (exact) mass is 278 g/mol. The summed E-state index contributed by atoms with van der Waals surface area (Å²) >= 11 is 0. The molecule has 0 aromatic heterocycles. The zero-order valence-electron chi connectivity index (χ0n) is 14.8. The predicted molar refractivity (Wildman–Crippen MR) is 89.9 cm³/mol. The first kappa shape index (κ1) is 16.4. The van der Waals surface area contributed by atoms with Gasteiger partial charge in [0.2, 0.25) is 0 Å². The van der Waals surface area contributed by atoms with E-state index in [1.165, 1.54) is 64.2 Å². The average Bonchev–Trinajstić information content (AvgIpc) is 3.00. The molecule has 5 atom stereocenters. The highest BCUT2D eigenvalue weighted by Gasteiger charge is 2.58. The van der Waals surface area contributed by atoms with Crippen LogP contribution in [0.15, 0.2) is 0 Å². The molecular weight excluding hydrogens is 240 g/mol. The fraction of sp³-hybridized carbons (Fsp3) is 1.00. The molecule has 2 saturated carbocycles. The Kier molecular flexibility index (Phi) is 5.24. The third-order valence-electron chi connectivity index (χ3n) is 7.53. The van der Waals surface area contributed by atoms with Gasteiger partial charge >= 0.3 is 0 Å². The Bertz CT molecular complexity index is 307. The van der Waals surface area contributed by atoms with Gasteiger partial charge in [0.15, 0.2) is 0 Å². The molecule has 20 heavy (non-hydrogen) atoms. The van der Waals surface area contributed by atoms with Gasteiger partial charge in [-0.3, -0.25) is 0 Å². The Balaban J connectivity index is 2.02. The lowest BCUT2D eigenvalue weighted by Gasteiger charge is -2.31. The maximum atomic E-state index is 2.55. The van der Waals surface area contributed by atoms with Crippen LogP contribution in [0.4, 0.5) is 0 Å². The third kappa shape index (κ3) is 3.25. The average molecular weight is 279 g/mol. The van der Waals surface area contributed by atoms with Crippen molar-refractivity contribution in [3.05, 3.63) is 0 Å². The van der Waals surface area contributed by atoms with Crippen LogP contribution in [0, 0.1) is 28.6 Å². The summed E-state index contributed by atoms with van der Waals surface area (Å²) in [6.45, 7) is 12.4. The van der Waals surface area contributed by atoms with E-state index < -0.39 is 0 Å². The van der Waals surface area contributed by atoms with Crippen molar-refractivity contribution < 1.29 is 0 Å². The van der Waals surface area contributed by atoms with Gasteiger partial charge in [-0.2, -0.15) is 0 Å². The minimum atomic E-state index is 0.621. The largest absolute Gasteiger partial charge is 0.0649 e. The van der Waals surface area contributed by atoms with Crippen molar-refractivity contribution in [2.24, 2.45) is 28.6 Å². The van der Waals surface area contributed by atoms with Gasteiger partial charge < -0.3 is 0 Å². The Morgan fingerprint density at radius 3 is 2.25 bits per heavy atom. The van der Waals surface area contributed by atoms with E-state index in [1.54, 1.807) is 0 Å². The zero-order chi connectivity index (χ0) is 14.8. The Labute approximate surface area is 128 Å². The highest BCUT2D eigenvalue weighted by atomic mass is 14.6. The van der Waals surface area contributed by atoms with E-state index in [2.05, 4.69) is 34.6 Å². The number of hydrogen-bond acceptors (Lipinski definition) is 0. The second-order valence-electron chi connectivity index (χ2n) is 8.57. The minimum Gasteiger partial charge on any atom is -0.0649 e. The molecule has 0 nitrogen and oxygen atoms in total. The van der Waals surface area contributed by atoms with E-state index in [0.717, 1.165) is 23.2 Å². The van der Waals surface area contributed by atoms with Gasteiger partial charge in [0.1, 0.15) is 0 Å². The summed E-state index contributed by atoms with van der Waals surface area (Å²) in [5.41, 5.74) is 1.37. The number of fused-ring (bicyclic) bond motifs is 1.